The van der Waals surface area contributed by atoms with Crippen molar-refractivity contribution in [2.24, 2.45) is 0 Å². The SMILES string of the molecule is Fc1c(F)c(C(F)(F)F)c(F)c(F)c1-c1c(F)c(-c2c(F)c(F)c(C(F)(F)F)c(F)c2F)c(F)c(-c2c(F)c(-c3c(F)c(-c4c(F)c(F)c(C(F)(F)F)c(F)c4F)c(F)c(-c4c(F)c(F)c(C(F)(F)F)c(F)c4F)c3F)c(F)c(-c3c(F)c(-c4c(F)c(F)c(C(F)(F)F)c(F)c4F)c(F)c(-c4c(F)c(F)c(C(F)(F)F)c(F)c4F)c3F)c2F)c1F. The monoisotopic (exact) mass is 1820 g/mol. The van der Waals surface area contributed by atoms with Gasteiger partial charge in [-0.15, -0.1) is 0 Å². The lowest BCUT2D eigenvalue weighted by molar-refractivity contribution is -0.144. The highest BCUT2D eigenvalue weighted by molar-refractivity contribution is 5.95. The molecule has 0 spiro atoms. The molecule has 0 radical (unpaired) electrons. The molecule has 0 bridgehead atoms. The summed E-state index contributed by atoms with van der Waals surface area (Å²) < 4.78 is 850. The number of hydrogen-bond donors (Lipinski definition) is 0. The Bertz CT molecular complexity index is 5100. The van der Waals surface area contributed by atoms with E-state index in [9.17, 15) is 79.0 Å². The molecular formula is C66F54. The Morgan fingerprint density at radius 1 is 0.0750 bits per heavy atom. The third-order valence-corrected chi connectivity index (χ3v) is 16.8. The summed E-state index contributed by atoms with van der Waals surface area (Å²) in [5, 5.41) is 0. The van der Waals surface area contributed by atoms with Crippen LogP contribution in [0.25, 0.3) is 100 Å². The summed E-state index contributed by atoms with van der Waals surface area (Å²) in [4.78, 5) is 0. The van der Waals surface area contributed by atoms with Gasteiger partial charge in [-0.1, -0.05) is 0 Å². The largest absolute Gasteiger partial charge is 0.422 e. The fraction of sp³-hybridized carbons (Fsp3) is 0.0909. The maximum Gasteiger partial charge on any atom is 0.422 e. The molecule has 0 aromatic heterocycles. The molecule has 54 heteroatoms. The van der Waals surface area contributed by atoms with Crippen LogP contribution < -0.4 is 0 Å². The van der Waals surface area contributed by atoms with Crippen molar-refractivity contribution in [2.45, 2.75) is 37.1 Å². The lowest BCUT2D eigenvalue weighted by atomic mass is 9.83. The highest BCUT2D eigenvalue weighted by Gasteiger charge is 2.54. The van der Waals surface area contributed by atoms with Gasteiger partial charge in [-0.3, -0.25) is 0 Å². The van der Waals surface area contributed by atoms with Gasteiger partial charge in [-0.25, -0.2) is 158 Å². The van der Waals surface area contributed by atoms with Crippen molar-refractivity contribution in [3.05, 3.63) is 243 Å². The Morgan fingerprint density at radius 2 is 0.125 bits per heavy atom. The Kier molecular flexibility index (Phi) is 22.0. The topological polar surface area (TPSA) is 0 Å². The van der Waals surface area contributed by atoms with Crippen LogP contribution in [-0.2, 0) is 37.1 Å². The van der Waals surface area contributed by atoms with Crippen LogP contribution >= 0.6 is 0 Å². The molecule has 0 unspecified atom stereocenters. The van der Waals surface area contributed by atoms with E-state index in [1.54, 1.807) is 0 Å². The summed E-state index contributed by atoms with van der Waals surface area (Å²) in [6.45, 7) is 0. The van der Waals surface area contributed by atoms with Crippen molar-refractivity contribution in [2.75, 3.05) is 0 Å². The van der Waals surface area contributed by atoms with E-state index >= 15 is 158 Å². The summed E-state index contributed by atoms with van der Waals surface area (Å²) in [5.41, 5.74) is -105. The average Bonchev–Trinajstić information content (AvgIpc) is 0.702. The average molecular weight is 1820 g/mol. The van der Waals surface area contributed by atoms with E-state index in [4.69, 9.17) is 0 Å². The molecule has 0 aliphatic heterocycles. The van der Waals surface area contributed by atoms with Crippen LogP contribution in [0.15, 0.2) is 0 Å². The quantitative estimate of drug-likeness (QED) is 0.0998. The summed E-state index contributed by atoms with van der Waals surface area (Å²) in [5.74, 6) is -163. The number of hydrogen-bond acceptors (Lipinski definition) is 0. The summed E-state index contributed by atoms with van der Waals surface area (Å²) in [6.07, 6.45) is -42.6. The molecule has 0 N–H and O–H groups in total. The second-order valence-corrected chi connectivity index (χ2v) is 23.3. The zero-order valence-corrected chi connectivity index (χ0v) is 53.4. The van der Waals surface area contributed by atoms with Gasteiger partial charge in [0.25, 0.3) is 0 Å². The van der Waals surface area contributed by atoms with Gasteiger partial charge >= 0.3 is 37.1 Å². The van der Waals surface area contributed by atoms with Crippen molar-refractivity contribution < 1.29 is 237 Å². The predicted octanol–water partition coefficient (Wildman–Crippen LogP) is 27.8. The molecule has 120 heavy (non-hydrogen) atoms. The number of benzene rings is 10. The third kappa shape index (κ3) is 13.1. The van der Waals surface area contributed by atoms with Crippen molar-refractivity contribution in [3.8, 4) is 100 Å². The van der Waals surface area contributed by atoms with Gasteiger partial charge < -0.3 is 0 Å². The molecule has 10 rings (SSSR count). The molecule has 0 aliphatic rings. The van der Waals surface area contributed by atoms with E-state index in [1.165, 1.54) is 0 Å². The first-order chi connectivity index (χ1) is 54.5. The van der Waals surface area contributed by atoms with Crippen LogP contribution in [0.5, 0.6) is 0 Å². The smallest absolute Gasteiger partial charge is 0.205 e. The molecule has 0 amide bonds. The van der Waals surface area contributed by atoms with E-state index in [0.717, 1.165) is 0 Å². The molecule has 0 saturated heterocycles. The molecule has 0 atom stereocenters. The Labute approximate surface area is 616 Å². The van der Waals surface area contributed by atoms with Crippen LogP contribution in [0.2, 0.25) is 0 Å². The first kappa shape index (κ1) is 90.7. The third-order valence-electron chi connectivity index (χ3n) is 16.8. The molecule has 0 saturated carbocycles. The van der Waals surface area contributed by atoms with Gasteiger partial charge in [0.2, 0.25) is 0 Å². The maximum absolute atomic E-state index is 18.7. The van der Waals surface area contributed by atoms with Crippen LogP contribution in [0.3, 0.4) is 0 Å². The van der Waals surface area contributed by atoms with Gasteiger partial charge in [0.05, 0.1) is 100 Å². The lowest BCUT2D eigenvalue weighted by Crippen LogP contribution is -2.19. The minimum absolute atomic E-state index is 4.17. The van der Waals surface area contributed by atoms with E-state index in [1.807, 2.05) is 0 Å². The van der Waals surface area contributed by atoms with Crippen molar-refractivity contribution in [1.82, 2.24) is 0 Å². The van der Waals surface area contributed by atoms with Gasteiger partial charge in [0.15, 0.2) is 140 Å². The minimum Gasteiger partial charge on any atom is -0.205 e. The Balaban J connectivity index is 1.66. The molecule has 642 valence electrons. The second-order valence-electron chi connectivity index (χ2n) is 23.3. The molecule has 0 nitrogen and oxygen atoms in total. The van der Waals surface area contributed by atoms with Gasteiger partial charge in [0, 0.05) is 0 Å². The normalized spacial score (nSPS) is 12.8. The molecule has 0 fully saturated rings. The van der Waals surface area contributed by atoms with Crippen LogP contribution in [-0.4, -0.2) is 0 Å². The predicted molar refractivity (Wildman–Crippen MR) is 284 cm³/mol. The van der Waals surface area contributed by atoms with Crippen molar-refractivity contribution >= 4 is 0 Å². The summed E-state index contributed by atoms with van der Waals surface area (Å²) in [6, 6.07) is 0. The van der Waals surface area contributed by atoms with E-state index in [0.29, 0.717) is 0 Å². The summed E-state index contributed by atoms with van der Waals surface area (Å²) in [7, 11) is 0. The molecule has 0 heterocycles. The standard InChI is InChI=1S/C66F54/c67-25-1(4-28(70)7(13-37(79)49(91)19(61(103,104)105)50(92)38(13)80)34(76)8(29(4)71)14-39(81)51(93)20(62(106,107)108)52(94)40(14)82)26(68)3(6-32(74)11(17-45(87)57(99)23(65(115,116)117)58(100)46(17)88)36(78)12(33(6)75)18-47(89)59(101)24(66(118,119)120)60(102)48(18)90)27(69)2(25)5-30(72)9(15-41(83)53(95)21(63(109,110)111)54(96)42(15)84)35(77)10(31(5)73)16-43(85)55(97)22(64(112,113)114)56(98)44(16)86. The van der Waals surface area contributed by atoms with Crippen molar-refractivity contribution in [1.29, 1.82) is 0 Å². The van der Waals surface area contributed by atoms with Crippen LogP contribution in [0.1, 0.15) is 33.4 Å². The molecule has 10 aromatic rings. The highest BCUT2D eigenvalue weighted by Crippen LogP contribution is 2.58. The zero-order chi connectivity index (χ0) is 91.6. The second kappa shape index (κ2) is 29.1. The minimum atomic E-state index is -7.11. The van der Waals surface area contributed by atoms with Gasteiger partial charge in [-0.05, 0) is 0 Å². The van der Waals surface area contributed by atoms with Crippen molar-refractivity contribution in [3.63, 3.8) is 0 Å². The fourth-order valence-corrected chi connectivity index (χ4v) is 11.9. The van der Waals surface area contributed by atoms with Gasteiger partial charge in [0.1, 0.15) is 103 Å². The first-order valence-electron chi connectivity index (χ1n) is 29.0. The van der Waals surface area contributed by atoms with Crippen LogP contribution in [0, 0.1) is 209 Å². The van der Waals surface area contributed by atoms with E-state index in [2.05, 4.69) is 0 Å². The van der Waals surface area contributed by atoms with Crippen LogP contribution in [0.4, 0.5) is 237 Å². The Morgan fingerprint density at radius 3 is 0.175 bits per heavy atom. The zero-order valence-electron chi connectivity index (χ0n) is 53.4. The summed E-state index contributed by atoms with van der Waals surface area (Å²) >= 11 is 0. The number of halogens is 54. The fourth-order valence-electron chi connectivity index (χ4n) is 11.9. The highest BCUT2D eigenvalue weighted by atomic mass is 19.4. The molecule has 0 aliphatic carbocycles. The Hall–Kier alpha value is -11.6. The van der Waals surface area contributed by atoms with Gasteiger partial charge in [-0.2, -0.15) is 79.0 Å². The molecule has 10 aromatic carbocycles. The number of rotatable bonds is 9. The molecular weight excluding hydrogens is 1820 g/mol. The number of alkyl halides is 18. The lowest BCUT2D eigenvalue weighted by Gasteiger charge is -2.25. The maximum atomic E-state index is 18.7. The van der Waals surface area contributed by atoms with E-state index in [-0.39, 0.29) is 0 Å². The first-order valence-corrected chi connectivity index (χ1v) is 29.0. The van der Waals surface area contributed by atoms with E-state index < -0.39 is 380 Å².